The normalized spacial score (nSPS) is 18.2. The Balaban J connectivity index is 1.71. The maximum atomic E-state index is 5.80. The van der Waals surface area contributed by atoms with Gasteiger partial charge in [0.1, 0.15) is 0 Å². The van der Waals surface area contributed by atoms with Crippen LogP contribution in [0.15, 0.2) is 48.5 Å². The Bertz CT molecular complexity index is 601. The summed E-state index contributed by atoms with van der Waals surface area (Å²) in [7, 11) is 0. The van der Waals surface area contributed by atoms with E-state index in [0.717, 1.165) is 6.42 Å². The van der Waals surface area contributed by atoms with Gasteiger partial charge < -0.3 is 0 Å². The van der Waals surface area contributed by atoms with Crippen molar-refractivity contribution in [2.45, 2.75) is 44.6 Å². The van der Waals surface area contributed by atoms with Crippen LogP contribution in [0.1, 0.15) is 60.4 Å². The van der Waals surface area contributed by atoms with E-state index in [4.69, 9.17) is 5.84 Å². The lowest BCUT2D eigenvalue weighted by molar-refractivity contribution is 0.435. The van der Waals surface area contributed by atoms with E-state index in [1.807, 2.05) is 0 Å². The molecule has 0 saturated carbocycles. The van der Waals surface area contributed by atoms with E-state index >= 15 is 0 Å². The fraction of sp³-hybridized carbons (Fsp3) is 0.368. The number of hydrogen-bond donors (Lipinski definition) is 2. The Hall–Kier alpha value is -1.64. The molecule has 110 valence electrons. The summed E-state index contributed by atoms with van der Waals surface area (Å²) >= 11 is 0. The van der Waals surface area contributed by atoms with Gasteiger partial charge in [-0.2, -0.15) is 0 Å². The molecule has 0 bridgehead atoms. The van der Waals surface area contributed by atoms with Crippen molar-refractivity contribution >= 4 is 0 Å². The highest BCUT2D eigenvalue weighted by atomic mass is 15.2. The number of fused-ring (bicyclic) bond motifs is 1. The van der Waals surface area contributed by atoms with E-state index in [-0.39, 0.29) is 6.04 Å². The summed E-state index contributed by atoms with van der Waals surface area (Å²) in [5.41, 5.74) is 8.65. The average molecular weight is 280 g/mol. The molecule has 2 unspecified atom stereocenters. The first kappa shape index (κ1) is 14.3. The van der Waals surface area contributed by atoms with Gasteiger partial charge in [0.15, 0.2) is 0 Å². The molecule has 2 nitrogen and oxygen atoms in total. The van der Waals surface area contributed by atoms with Crippen molar-refractivity contribution in [2.24, 2.45) is 5.84 Å². The molecule has 0 aromatic heterocycles. The second-order valence-corrected chi connectivity index (χ2v) is 6.38. The number of nitrogens with two attached hydrogens (primary N) is 1. The summed E-state index contributed by atoms with van der Waals surface area (Å²) in [6.45, 7) is 4.44. The van der Waals surface area contributed by atoms with Crippen LogP contribution in [0.2, 0.25) is 0 Å². The Morgan fingerprint density at radius 2 is 1.71 bits per heavy atom. The zero-order valence-corrected chi connectivity index (χ0v) is 12.8. The topological polar surface area (TPSA) is 38.0 Å². The third-order valence-corrected chi connectivity index (χ3v) is 4.69. The van der Waals surface area contributed by atoms with Gasteiger partial charge in [0.25, 0.3) is 0 Å². The molecule has 2 atom stereocenters. The molecular formula is C19H24N2. The summed E-state index contributed by atoms with van der Waals surface area (Å²) in [6.07, 6.45) is 2.24. The first-order valence-electron chi connectivity index (χ1n) is 7.83. The molecule has 2 aromatic carbocycles. The zero-order chi connectivity index (χ0) is 14.8. The standard InChI is InChI=1S/C19H24N2/c1-13(2)14-7-9-15(10-8-14)19(21-20)12-17-11-16-5-3-4-6-18(16)17/h3-10,13,17,19,21H,11-12,20H2,1-2H3. The number of benzene rings is 2. The maximum absolute atomic E-state index is 5.80. The van der Waals surface area contributed by atoms with Crippen molar-refractivity contribution in [3.8, 4) is 0 Å². The molecule has 1 aliphatic rings. The summed E-state index contributed by atoms with van der Waals surface area (Å²) in [5, 5.41) is 0. The quantitative estimate of drug-likeness (QED) is 0.640. The van der Waals surface area contributed by atoms with Crippen LogP contribution in [0.3, 0.4) is 0 Å². The Morgan fingerprint density at radius 1 is 1.05 bits per heavy atom. The highest BCUT2D eigenvalue weighted by Gasteiger charge is 2.28. The summed E-state index contributed by atoms with van der Waals surface area (Å²) in [4.78, 5) is 0. The van der Waals surface area contributed by atoms with Gasteiger partial charge in [-0.25, -0.2) is 0 Å². The number of hydrogen-bond acceptors (Lipinski definition) is 2. The molecule has 0 heterocycles. The van der Waals surface area contributed by atoms with E-state index in [0.29, 0.717) is 11.8 Å². The molecular weight excluding hydrogens is 256 g/mol. The van der Waals surface area contributed by atoms with E-state index in [1.165, 1.54) is 28.7 Å². The van der Waals surface area contributed by atoms with E-state index in [2.05, 4.69) is 67.8 Å². The third kappa shape index (κ3) is 2.87. The van der Waals surface area contributed by atoms with Crippen molar-refractivity contribution < 1.29 is 0 Å². The lowest BCUT2D eigenvalue weighted by atomic mass is 9.74. The fourth-order valence-corrected chi connectivity index (χ4v) is 3.27. The largest absolute Gasteiger partial charge is 0.271 e. The van der Waals surface area contributed by atoms with Crippen molar-refractivity contribution in [1.82, 2.24) is 5.43 Å². The second kappa shape index (κ2) is 6.00. The van der Waals surface area contributed by atoms with Gasteiger partial charge in [0.2, 0.25) is 0 Å². The van der Waals surface area contributed by atoms with Crippen LogP contribution in [0, 0.1) is 0 Å². The predicted molar refractivity (Wildman–Crippen MR) is 88.1 cm³/mol. The van der Waals surface area contributed by atoms with Crippen LogP contribution < -0.4 is 11.3 Å². The molecule has 1 aliphatic carbocycles. The lowest BCUT2D eigenvalue weighted by Crippen LogP contribution is -2.31. The van der Waals surface area contributed by atoms with Gasteiger partial charge in [0, 0.05) is 6.04 Å². The van der Waals surface area contributed by atoms with Crippen LogP contribution in [-0.4, -0.2) is 0 Å². The van der Waals surface area contributed by atoms with Crippen LogP contribution >= 0.6 is 0 Å². The monoisotopic (exact) mass is 280 g/mol. The molecule has 2 heteroatoms. The SMILES string of the molecule is CC(C)c1ccc(C(CC2Cc3ccccc32)NN)cc1. The minimum absolute atomic E-state index is 0.226. The van der Waals surface area contributed by atoms with Gasteiger partial charge in [0.05, 0.1) is 0 Å². The summed E-state index contributed by atoms with van der Waals surface area (Å²) < 4.78 is 0. The van der Waals surface area contributed by atoms with Crippen LogP contribution in [0.25, 0.3) is 0 Å². The molecule has 2 aromatic rings. The first-order chi connectivity index (χ1) is 10.2. The third-order valence-electron chi connectivity index (χ3n) is 4.69. The van der Waals surface area contributed by atoms with E-state index in [9.17, 15) is 0 Å². The molecule has 3 N–H and O–H groups in total. The highest BCUT2D eigenvalue weighted by molar-refractivity contribution is 5.40. The molecule has 0 radical (unpaired) electrons. The molecule has 0 saturated heterocycles. The molecule has 0 aliphatic heterocycles. The Kier molecular flexibility index (Phi) is 4.09. The van der Waals surface area contributed by atoms with Gasteiger partial charge in [-0.15, -0.1) is 0 Å². The van der Waals surface area contributed by atoms with E-state index < -0.39 is 0 Å². The molecule has 0 spiro atoms. The van der Waals surface area contributed by atoms with Crippen LogP contribution in [-0.2, 0) is 6.42 Å². The predicted octanol–water partition coefficient (Wildman–Crippen LogP) is 4.04. The zero-order valence-electron chi connectivity index (χ0n) is 12.8. The second-order valence-electron chi connectivity index (χ2n) is 6.38. The van der Waals surface area contributed by atoms with Gasteiger partial charge >= 0.3 is 0 Å². The number of rotatable bonds is 5. The lowest BCUT2D eigenvalue weighted by Gasteiger charge is -2.33. The van der Waals surface area contributed by atoms with E-state index in [1.54, 1.807) is 0 Å². The summed E-state index contributed by atoms with van der Waals surface area (Å²) in [6, 6.07) is 17.8. The van der Waals surface area contributed by atoms with Crippen molar-refractivity contribution in [3.05, 3.63) is 70.8 Å². The van der Waals surface area contributed by atoms with Gasteiger partial charge in [-0.05, 0) is 46.9 Å². The molecule has 0 fully saturated rings. The van der Waals surface area contributed by atoms with Gasteiger partial charge in [-0.3, -0.25) is 11.3 Å². The first-order valence-corrected chi connectivity index (χ1v) is 7.83. The highest BCUT2D eigenvalue weighted by Crippen LogP contribution is 2.40. The summed E-state index contributed by atoms with van der Waals surface area (Å²) in [5.74, 6) is 7.00. The van der Waals surface area contributed by atoms with Crippen LogP contribution in [0.4, 0.5) is 0 Å². The minimum Gasteiger partial charge on any atom is -0.271 e. The van der Waals surface area contributed by atoms with Crippen molar-refractivity contribution in [1.29, 1.82) is 0 Å². The molecule has 3 rings (SSSR count). The number of nitrogens with one attached hydrogen (secondary N) is 1. The molecule has 21 heavy (non-hydrogen) atoms. The number of hydrazine groups is 1. The van der Waals surface area contributed by atoms with Crippen LogP contribution in [0.5, 0.6) is 0 Å². The maximum Gasteiger partial charge on any atom is 0.0465 e. The van der Waals surface area contributed by atoms with Crippen molar-refractivity contribution in [2.75, 3.05) is 0 Å². The van der Waals surface area contributed by atoms with Gasteiger partial charge in [-0.1, -0.05) is 62.4 Å². The Morgan fingerprint density at radius 3 is 2.33 bits per heavy atom. The minimum atomic E-state index is 0.226. The van der Waals surface area contributed by atoms with Crippen molar-refractivity contribution in [3.63, 3.8) is 0 Å². The average Bonchev–Trinajstić information content (AvgIpc) is 2.49. The Labute approximate surface area is 127 Å². The molecule has 0 amide bonds. The smallest absolute Gasteiger partial charge is 0.0465 e. The fourth-order valence-electron chi connectivity index (χ4n) is 3.27.